The quantitative estimate of drug-likeness (QED) is 0.0494. The van der Waals surface area contributed by atoms with E-state index in [4.69, 9.17) is 28.4 Å². The summed E-state index contributed by atoms with van der Waals surface area (Å²) in [4.78, 5) is 11.8. The van der Waals surface area contributed by atoms with Gasteiger partial charge in [0.2, 0.25) is 5.91 Å². The third-order valence-corrected chi connectivity index (χ3v) is 8.62. The second-order valence-corrected chi connectivity index (χ2v) is 12.4. The molecular formula is C30H53NO18. The molecule has 0 aromatic carbocycles. The molecule has 0 spiro atoms. The summed E-state index contributed by atoms with van der Waals surface area (Å²) in [5.74, 6) is -0.464. The van der Waals surface area contributed by atoms with E-state index in [1.54, 1.807) is 6.08 Å². The van der Waals surface area contributed by atoms with Crippen molar-refractivity contribution < 1.29 is 89.4 Å². The van der Waals surface area contributed by atoms with Crippen molar-refractivity contribution in [3.05, 3.63) is 12.2 Å². The first-order valence-electron chi connectivity index (χ1n) is 16.4. The second kappa shape index (κ2) is 20.0. The second-order valence-electron chi connectivity index (χ2n) is 12.4. The topological polar surface area (TPSA) is 307 Å². The molecule has 3 aliphatic rings. The largest absolute Gasteiger partial charge is 0.394 e. The Morgan fingerprint density at radius 3 is 1.71 bits per heavy atom. The number of ether oxygens (including phenoxy) is 6. The summed E-state index contributed by atoms with van der Waals surface area (Å²) in [6, 6.07) is -0.963. The van der Waals surface area contributed by atoms with Crippen LogP contribution in [-0.4, -0.2) is 193 Å². The lowest BCUT2D eigenvalue weighted by molar-refractivity contribution is -0.379. The number of amides is 1. The Balaban J connectivity index is 1.65. The smallest absolute Gasteiger partial charge is 0.217 e. The van der Waals surface area contributed by atoms with Crippen molar-refractivity contribution >= 4 is 5.91 Å². The van der Waals surface area contributed by atoms with Gasteiger partial charge in [0.05, 0.1) is 38.6 Å². The molecule has 3 saturated heterocycles. The van der Waals surface area contributed by atoms with Crippen molar-refractivity contribution in [1.29, 1.82) is 0 Å². The van der Waals surface area contributed by atoms with Gasteiger partial charge in [-0.3, -0.25) is 4.79 Å². The Labute approximate surface area is 283 Å². The minimum Gasteiger partial charge on any atom is -0.394 e. The van der Waals surface area contributed by atoms with Crippen LogP contribution in [0.15, 0.2) is 12.2 Å². The van der Waals surface area contributed by atoms with Crippen LogP contribution in [0, 0.1) is 0 Å². The van der Waals surface area contributed by atoms with E-state index in [0.717, 1.165) is 25.7 Å². The van der Waals surface area contributed by atoms with Gasteiger partial charge in [0.15, 0.2) is 18.9 Å². The normalized spacial score (nSPS) is 41.4. The number of aliphatic hydroxyl groups is 11. The first kappa shape index (κ1) is 41.9. The molecule has 17 atom stereocenters. The van der Waals surface area contributed by atoms with E-state index in [1.165, 1.54) is 13.0 Å². The van der Waals surface area contributed by atoms with Crippen LogP contribution in [0.2, 0.25) is 0 Å². The lowest BCUT2D eigenvalue weighted by atomic mass is 9.96. The van der Waals surface area contributed by atoms with Crippen molar-refractivity contribution in [3.8, 4) is 0 Å². The third-order valence-electron chi connectivity index (χ3n) is 8.62. The summed E-state index contributed by atoms with van der Waals surface area (Å²) in [6.45, 7) is 0.513. The summed E-state index contributed by atoms with van der Waals surface area (Å²) >= 11 is 0. The van der Waals surface area contributed by atoms with E-state index in [2.05, 4.69) is 12.2 Å². The van der Waals surface area contributed by atoms with E-state index >= 15 is 0 Å². The van der Waals surface area contributed by atoms with Gasteiger partial charge >= 0.3 is 0 Å². The zero-order chi connectivity index (χ0) is 36.4. The maximum atomic E-state index is 11.8. The number of hydrogen-bond acceptors (Lipinski definition) is 18. The predicted molar refractivity (Wildman–Crippen MR) is 162 cm³/mol. The number of hydrogen-bond donors (Lipinski definition) is 12. The van der Waals surface area contributed by atoms with Gasteiger partial charge in [0.1, 0.15) is 73.2 Å². The standard InChI is InChI=1S/C30H53NO18/c1-3-4-5-6-7-8-15(36)14(31-13(2)35)12-44-28-24(42)21(39)26(17(10-33)46-28)49-30-25(43)22(40)27(18(11-34)47-30)48-29-23(41)20(38)19(37)16(9-32)45-29/h7-8,14-30,32-34,36-43H,3-6,9-12H2,1-2H3,(H,31,35)/b8-7+. The van der Waals surface area contributed by atoms with Crippen molar-refractivity contribution in [2.45, 2.75) is 144 Å². The summed E-state index contributed by atoms with van der Waals surface area (Å²) in [7, 11) is 0. The molecule has 0 aromatic heterocycles. The summed E-state index contributed by atoms with van der Waals surface area (Å²) in [6.07, 6.45) is -19.7. The first-order chi connectivity index (χ1) is 23.3. The average molecular weight is 716 g/mol. The maximum absolute atomic E-state index is 11.8. The minimum atomic E-state index is -1.97. The van der Waals surface area contributed by atoms with Crippen molar-refractivity contribution in [2.24, 2.45) is 0 Å². The number of carbonyl (C=O) groups is 1. The van der Waals surface area contributed by atoms with Gasteiger partial charge in [-0.25, -0.2) is 0 Å². The molecule has 3 rings (SSSR count). The van der Waals surface area contributed by atoms with Crippen molar-refractivity contribution in [3.63, 3.8) is 0 Å². The minimum absolute atomic E-state index is 0.372. The molecule has 0 bridgehead atoms. The highest BCUT2D eigenvalue weighted by Crippen LogP contribution is 2.32. The van der Waals surface area contributed by atoms with Gasteiger partial charge in [0, 0.05) is 6.92 Å². The van der Waals surface area contributed by atoms with E-state index in [-0.39, 0.29) is 6.61 Å². The van der Waals surface area contributed by atoms with Gasteiger partial charge in [-0.05, 0) is 12.8 Å². The monoisotopic (exact) mass is 715 g/mol. The van der Waals surface area contributed by atoms with E-state index in [1.807, 2.05) is 0 Å². The van der Waals surface area contributed by atoms with Gasteiger partial charge in [0.25, 0.3) is 0 Å². The van der Waals surface area contributed by atoms with E-state index in [0.29, 0.717) is 0 Å². The molecule has 286 valence electrons. The average Bonchev–Trinajstić information content (AvgIpc) is 3.08. The number of allylic oxidation sites excluding steroid dienone is 1. The number of carbonyl (C=O) groups excluding carboxylic acids is 1. The molecule has 49 heavy (non-hydrogen) atoms. The molecular weight excluding hydrogens is 662 g/mol. The molecule has 0 radical (unpaired) electrons. The van der Waals surface area contributed by atoms with Crippen molar-refractivity contribution in [1.82, 2.24) is 5.32 Å². The van der Waals surface area contributed by atoms with Gasteiger partial charge < -0.3 is 89.9 Å². The molecule has 19 nitrogen and oxygen atoms in total. The highest BCUT2D eigenvalue weighted by molar-refractivity contribution is 5.73. The molecule has 3 fully saturated rings. The molecule has 3 aliphatic heterocycles. The SMILES string of the molecule is CCCCC/C=C/C(O)C(COC1OC(CO)C(OC2OC(CO)C(OC3OC(CO)C(O)C(O)C3O)C(O)C2O)C(O)C1O)NC(C)=O. The zero-order valence-corrected chi connectivity index (χ0v) is 27.4. The summed E-state index contributed by atoms with van der Waals surface area (Å²) in [5, 5.41) is 116. The third kappa shape index (κ3) is 10.8. The zero-order valence-electron chi connectivity index (χ0n) is 27.4. The van der Waals surface area contributed by atoms with Crippen LogP contribution in [0.5, 0.6) is 0 Å². The molecule has 1 amide bonds. The fourth-order valence-electron chi connectivity index (χ4n) is 5.75. The lowest BCUT2D eigenvalue weighted by Gasteiger charge is -2.48. The van der Waals surface area contributed by atoms with Crippen LogP contribution in [-0.2, 0) is 33.2 Å². The predicted octanol–water partition coefficient (Wildman–Crippen LogP) is -5.55. The molecule has 0 aromatic rings. The Kier molecular flexibility index (Phi) is 17.1. The highest BCUT2D eigenvalue weighted by Gasteiger charge is 2.53. The molecule has 3 heterocycles. The maximum Gasteiger partial charge on any atom is 0.217 e. The Morgan fingerprint density at radius 2 is 1.20 bits per heavy atom. The Bertz CT molecular complexity index is 1000. The Morgan fingerprint density at radius 1 is 0.714 bits per heavy atom. The van der Waals surface area contributed by atoms with Crippen LogP contribution in [0.25, 0.3) is 0 Å². The molecule has 17 unspecified atom stereocenters. The first-order valence-corrected chi connectivity index (χ1v) is 16.4. The molecule has 12 N–H and O–H groups in total. The van der Waals surface area contributed by atoms with Gasteiger partial charge in [-0.15, -0.1) is 0 Å². The number of nitrogens with one attached hydrogen (secondary N) is 1. The van der Waals surface area contributed by atoms with Crippen LogP contribution < -0.4 is 5.32 Å². The van der Waals surface area contributed by atoms with E-state index in [9.17, 15) is 61.0 Å². The molecule has 19 heteroatoms. The van der Waals surface area contributed by atoms with Crippen LogP contribution in [0.3, 0.4) is 0 Å². The summed E-state index contributed by atoms with van der Waals surface area (Å²) in [5.41, 5.74) is 0. The van der Waals surface area contributed by atoms with E-state index < -0.39 is 130 Å². The fourth-order valence-corrected chi connectivity index (χ4v) is 5.75. The molecule has 0 saturated carbocycles. The van der Waals surface area contributed by atoms with Crippen LogP contribution >= 0.6 is 0 Å². The fraction of sp³-hybridized carbons (Fsp3) is 0.900. The molecule has 0 aliphatic carbocycles. The lowest BCUT2D eigenvalue weighted by Crippen LogP contribution is -2.66. The Hall–Kier alpha value is -1.47. The van der Waals surface area contributed by atoms with Crippen LogP contribution in [0.4, 0.5) is 0 Å². The van der Waals surface area contributed by atoms with Crippen molar-refractivity contribution in [2.75, 3.05) is 26.4 Å². The summed E-state index contributed by atoms with van der Waals surface area (Å²) < 4.78 is 33.2. The van der Waals surface area contributed by atoms with Gasteiger partial charge in [-0.2, -0.15) is 0 Å². The highest BCUT2D eigenvalue weighted by atomic mass is 16.8. The number of aliphatic hydroxyl groups excluding tert-OH is 11. The number of unbranched alkanes of at least 4 members (excludes halogenated alkanes) is 3. The number of rotatable bonds is 17. The van der Waals surface area contributed by atoms with Crippen LogP contribution in [0.1, 0.15) is 39.5 Å². The van der Waals surface area contributed by atoms with Gasteiger partial charge in [-0.1, -0.05) is 31.9 Å².